The summed E-state index contributed by atoms with van der Waals surface area (Å²) >= 11 is 9.24. The lowest BCUT2D eigenvalue weighted by Gasteiger charge is -2.42. The predicted molar refractivity (Wildman–Crippen MR) is 154 cm³/mol. The zero-order valence-corrected chi connectivity index (χ0v) is 23.5. The lowest BCUT2D eigenvalue weighted by atomic mass is 10.0. The second kappa shape index (κ2) is 11.2. The zero-order valence-electron chi connectivity index (χ0n) is 21.1. The van der Waals surface area contributed by atoms with Crippen molar-refractivity contribution in [2.24, 2.45) is 0 Å². The van der Waals surface area contributed by atoms with Gasteiger partial charge in [-0.2, -0.15) is 0 Å². The average molecular weight is 553 g/mol. The summed E-state index contributed by atoms with van der Waals surface area (Å²) < 4.78 is 0. The molecule has 1 aliphatic rings. The van der Waals surface area contributed by atoms with Crippen molar-refractivity contribution in [3.8, 4) is 10.6 Å². The first-order valence-corrected chi connectivity index (χ1v) is 14.4. The maximum absolute atomic E-state index is 13.5. The van der Waals surface area contributed by atoms with E-state index in [1.807, 2.05) is 60.5 Å². The summed E-state index contributed by atoms with van der Waals surface area (Å²) in [5, 5.41) is 7.81. The summed E-state index contributed by atoms with van der Waals surface area (Å²) in [6, 6.07) is 11.8. The Kier molecular flexibility index (Phi) is 7.73. The van der Waals surface area contributed by atoms with Gasteiger partial charge in [-0.05, 0) is 56.7 Å². The van der Waals surface area contributed by atoms with Crippen LogP contribution >= 0.6 is 34.3 Å². The normalized spacial score (nSPS) is 15.7. The van der Waals surface area contributed by atoms with E-state index in [4.69, 9.17) is 16.6 Å². The molecule has 0 unspecified atom stereocenters. The number of hydrogen-bond acceptors (Lipinski definition) is 8. The van der Waals surface area contributed by atoms with Gasteiger partial charge in [-0.15, -0.1) is 22.7 Å². The Labute approximate surface area is 230 Å². The van der Waals surface area contributed by atoms with Crippen LogP contribution in [0.15, 0.2) is 48.0 Å². The molecule has 37 heavy (non-hydrogen) atoms. The van der Waals surface area contributed by atoms with Crippen molar-refractivity contribution in [2.75, 3.05) is 29.9 Å². The number of carbonyl (C=O) groups excluding carboxylic acids is 1. The maximum Gasteiger partial charge on any atom is 0.255 e. The van der Waals surface area contributed by atoms with Crippen LogP contribution in [0.1, 0.15) is 40.8 Å². The van der Waals surface area contributed by atoms with E-state index >= 15 is 0 Å². The van der Waals surface area contributed by atoms with Crippen molar-refractivity contribution in [1.82, 2.24) is 19.9 Å². The molecule has 4 aromatic rings. The number of thiazole rings is 2. The molecule has 4 heterocycles. The number of aromatic nitrogens is 3. The number of rotatable bonds is 7. The molecule has 1 fully saturated rings. The molecule has 5 rings (SSSR count). The number of benzene rings is 1. The summed E-state index contributed by atoms with van der Waals surface area (Å²) in [4.78, 5) is 32.6. The van der Waals surface area contributed by atoms with Crippen molar-refractivity contribution < 1.29 is 4.79 Å². The van der Waals surface area contributed by atoms with E-state index < -0.39 is 0 Å². The van der Waals surface area contributed by atoms with Crippen molar-refractivity contribution in [1.29, 1.82) is 0 Å². The summed E-state index contributed by atoms with van der Waals surface area (Å²) in [6.45, 7) is 8.43. The minimum Gasteiger partial charge on any atom is -0.368 e. The summed E-state index contributed by atoms with van der Waals surface area (Å²) in [6.07, 6.45) is 3.62. The van der Waals surface area contributed by atoms with Gasteiger partial charge >= 0.3 is 0 Å². The lowest BCUT2D eigenvalue weighted by molar-refractivity contribution is 0.0645. The van der Waals surface area contributed by atoms with Crippen LogP contribution in [-0.4, -0.2) is 51.4 Å². The second-order valence-corrected chi connectivity index (χ2v) is 11.6. The minimum atomic E-state index is 0.0285. The van der Waals surface area contributed by atoms with Gasteiger partial charge in [-0.25, -0.2) is 15.0 Å². The fourth-order valence-corrected chi connectivity index (χ4v) is 6.45. The minimum absolute atomic E-state index is 0.0285. The number of piperazine rings is 1. The Balaban J connectivity index is 1.25. The Bertz CT molecular complexity index is 1370. The van der Waals surface area contributed by atoms with Crippen molar-refractivity contribution in [2.45, 2.75) is 39.7 Å². The number of anilines is 3. The number of carbonyl (C=O) groups is 1. The smallest absolute Gasteiger partial charge is 0.255 e. The molecule has 1 aliphatic heterocycles. The molecule has 1 N–H and O–H groups in total. The van der Waals surface area contributed by atoms with Crippen LogP contribution in [0.2, 0.25) is 5.02 Å². The summed E-state index contributed by atoms with van der Waals surface area (Å²) in [7, 11) is 0. The predicted octanol–water partition coefficient (Wildman–Crippen LogP) is 6.81. The van der Waals surface area contributed by atoms with Gasteiger partial charge in [-0.1, -0.05) is 24.9 Å². The van der Waals surface area contributed by atoms with E-state index in [0.29, 0.717) is 17.9 Å². The lowest BCUT2D eigenvalue weighted by Crippen LogP contribution is -2.55. The van der Waals surface area contributed by atoms with Gasteiger partial charge in [0.15, 0.2) is 5.13 Å². The fourth-order valence-electron chi connectivity index (χ4n) is 4.66. The molecule has 1 saturated heterocycles. The van der Waals surface area contributed by atoms with Crippen LogP contribution in [0, 0.1) is 13.8 Å². The van der Waals surface area contributed by atoms with Crippen LogP contribution in [-0.2, 0) is 0 Å². The molecule has 7 nitrogen and oxygen atoms in total. The number of amides is 1. The van der Waals surface area contributed by atoms with Crippen LogP contribution in [0.3, 0.4) is 0 Å². The van der Waals surface area contributed by atoms with Gasteiger partial charge in [0.2, 0.25) is 0 Å². The summed E-state index contributed by atoms with van der Waals surface area (Å²) in [5.41, 5.74) is 3.65. The zero-order chi connectivity index (χ0) is 25.9. The Morgan fingerprint density at radius 2 is 1.95 bits per heavy atom. The first kappa shape index (κ1) is 25.6. The van der Waals surface area contributed by atoms with Gasteiger partial charge in [-0.3, -0.25) is 4.79 Å². The number of hydrogen-bond donors (Lipinski definition) is 1. The third kappa shape index (κ3) is 5.79. The topological polar surface area (TPSA) is 74.2 Å². The second-order valence-electron chi connectivity index (χ2n) is 9.11. The first-order chi connectivity index (χ1) is 17.9. The number of pyridine rings is 1. The SMILES string of the molecule is CCC[C@H]1CN(c2ccc(Cl)cc2)CCN1C(=O)c1ccc(Nc2nc(-c3sc(C)nc3C)cs2)nc1. The quantitative estimate of drug-likeness (QED) is 0.271. The van der Waals surface area contributed by atoms with E-state index in [1.54, 1.807) is 17.5 Å². The molecule has 1 atom stereocenters. The average Bonchev–Trinajstić information content (AvgIpc) is 3.49. The van der Waals surface area contributed by atoms with Crippen LogP contribution in [0.25, 0.3) is 10.6 Å². The molecule has 0 saturated carbocycles. The molecule has 1 aromatic carbocycles. The number of nitrogens with zero attached hydrogens (tertiary/aromatic N) is 5. The number of nitrogens with one attached hydrogen (secondary N) is 1. The third-order valence-corrected chi connectivity index (χ3v) is 8.55. The monoisotopic (exact) mass is 552 g/mol. The molecule has 0 radical (unpaired) electrons. The van der Waals surface area contributed by atoms with E-state index in [0.717, 1.165) is 63.0 Å². The van der Waals surface area contributed by atoms with Crippen LogP contribution in [0.5, 0.6) is 0 Å². The van der Waals surface area contributed by atoms with Gasteiger partial charge in [0.05, 0.1) is 26.8 Å². The van der Waals surface area contributed by atoms with Crippen molar-refractivity contribution >= 4 is 56.8 Å². The van der Waals surface area contributed by atoms with Gasteiger partial charge in [0, 0.05) is 48.0 Å². The van der Waals surface area contributed by atoms with Crippen molar-refractivity contribution in [3.63, 3.8) is 0 Å². The molecule has 1 amide bonds. The Hall–Kier alpha value is -3.01. The highest BCUT2D eigenvalue weighted by Crippen LogP contribution is 2.33. The van der Waals surface area contributed by atoms with Gasteiger partial charge in [0.25, 0.3) is 5.91 Å². The highest BCUT2D eigenvalue weighted by atomic mass is 35.5. The highest BCUT2D eigenvalue weighted by molar-refractivity contribution is 7.16. The number of halogens is 1. The molecule has 0 bridgehead atoms. The molecule has 10 heteroatoms. The van der Waals surface area contributed by atoms with E-state index in [2.05, 4.69) is 27.1 Å². The largest absolute Gasteiger partial charge is 0.368 e. The maximum atomic E-state index is 13.5. The van der Waals surface area contributed by atoms with Crippen LogP contribution < -0.4 is 10.2 Å². The van der Waals surface area contributed by atoms with E-state index in [9.17, 15) is 4.79 Å². The van der Waals surface area contributed by atoms with E-state index in [1.165, 1.54) is 11.3 Å². The van der Waals surface area contributed by atoms with Gasteiger partial charge in [0.1, 0.15) is 5.82 Å². The van der Waals surface area contributed by atoms with Gasteiger partial charge < -0.3 is 15.1 Å². The van der Waals surface area contributed by atoms with E-state index in [-0.39, 0.29) is 11.9 Å². The van der Waals surface area contributed by atoms with Crippen LogP contribution in [0.4, 0.5) is 16.6 Å². The third-order valence-electron chi connectivity index (χ3n) is 6.44. The molecular weight excluding hydrogens is 524 g/mol. The Morgan fingerprint density at radius 1 is 1.14 bits per heavy atom. The van der Waals surface area contributed by atoms with Crippen molar-refractivity contribution in [3.05, 3.63) is 69.3 Å². The standard InChI is InChI=1S/C27H29ClN6OS2/c1-4-5-22-15-33(21-9-7-20(28)8-10-21)12-13-34(22)26(35)19-6-11-24(29-14-19)32-27-31-23(16-36-27)25-17(2)30-18(3)37-25/h6-11,14,16,22H,4-5,12-13,15H2,1-3H3,(H,29,31,32)/t22-/m0/s1. The molecular formula is C27H29ClN6OS2. The number of aryl methyl sites for hydroxylation is 2. The summed E-state index contributed by atoms with van der Waals surface area (Å²) in [5.74, 6) is 0.688. The fraction of sp³-hybridized carbons (Fsp3) is 0.333. The highest BCUT2D eigenvalue weighted by Gasteiger charge is 2.30. The molecule has 192 valence electrons. The molecule has 0 spiro atoms. The molecule has 3 aromatic heterocycles. The molecule has 0 aliphatic carbocycles. The first-order valence-electron chi connectivity index (χ1n) is 12.4. The Morgan fingerprint density at radius 3 is 2.62 bits per heavy atom.